The second kappa shape index (κ2) is 15.6. The molecule has 1 heteroatoms. The van der Waals surface area contributed by atoms with Gasteiger partial charge in [0, 0.05) is 0 Å². The maximum atomic E-state index is 9.05. The standard InChI is InChI=1S/C44H51N/c1-2-3-4-5-33-8-16-37(17-9-33)41-24-26-42(27-25-41)38-18-10-34(11-19-38)6-7-35-12-20-39(21-13-35)43-28-30-44(31-29-43)40-22-14-36(32-45)15-23-40/h10-11,14-15,18-19,22-31,33,35,37,39H,2-9,12-13,16-17,20-21H2,1H3/t33-,35?,37-,39?. The molecule has 6 rings (SSSR count). The molecule has 4 aromatic carbocycles. The van der Waals surface area contributed by atoms with Crippen molar-refractivity contribution in [2.24, 2.45) is 11.8 Å². The van der Waals surface area contributed by atoms with Gasteiger partial charge in [0.25, 0.3) is 0 Å². The number of benzene rings is 4. The summed E-state index contributed by atoms with van der Waals surface area (Å²) >= 11 is 0. The summed E-state index contributed by atoms with van der Waals surface area (Å²) in [7, 11) is 0. The Bertz CT molecular complexity index is 1490. The van der Waals surface area contributed by atoms with Gasteiger partial charge >= 0.3 is 0 Å². The van der Waals surface area contributed by atoms with E-state index in [9.17, 15) is 0 Å². The fourth-order valence-corrected chi connectivity index (χ4v) is 8.12. The second-order valence-electron chi connectivity index (χ2n) is 14.1. The maximum absolute atomic E-state index is 9.05. The van der Waals surface area contributed by atoms with E-state index in [0.717, 1.165) is 17.8 Å². The van der Waals surface area contributed by atoms with Gasteiger partial charge in [0.2, 0.25) is 0 Å². The Morgan fingerprint density at radius 2 is 0.933 bits per heavy atom. The van der Waals surface area contributed by atoms with Crippen molar-refractivity contribution in [3.05, 3.63) is 119 Å². The van der Waals surface area contributed by atoms with Gasteiger partial charge in [-0.1, -0.05) is 118 Å². The zero-order valence-corrected chi connectivity index (χ0v) is 27.4. The molecular weight excluding hydrogens is 542 g/mol. The number of unbranched alkanes of at least 4 members (excludes halogenated alkanes) is 2. The largest absolute Gasteiger partial charge is 0.192 e. The Balaban J connectivity index is 0.933. The first-order valence-electron chi connectivity index (χ1n) is 18.0. The van der Waals surface area contributed by atoms with Crippen LogP contribution in [0.2, 0.25) is 0 Å². The monoisotopic (exact) mass is 593 g/mol. The van der Waals surface area contributed by atoms with E-state index in [1.54, 1.807) is 5.56 Å². The molecule has 4 aromatic rings. The number of hydrogen-bond acceptors (Lipinski definition) is 1. The van der Waals surface area contributed by atoms with Crippen LogP contribution in [0.25, 0.3) is 22.3 Å². The summed E-state index contributed by atoms with van der Waals surface area (Å²) < 4.78 is 0. The fraction of sp³-hybridized carbons (Fsp3) is 0.432. The lowest BCUT2D eigenvalue weighted by molar-refractivity contribution is 0.303. The quantitative estimate of drug-likeness (QED) is 0.159. The molecule has 0 bridgehead atoms. The van der Waals surface area contributed by atoms with Crippen molar-refractivity contribution in [1.29, 1.82) is 5.26 Å². The molecule has 0 amide bonds. The molecule has 0 unspecified atom stereocenters. The van der Waals surface area contributed by atoms with Gasteiger partial charge < -0.3 is 0 Å². The van der Waals surface area contributed by atoms with E-state index in [-0.39, 0.29) is 0 Å². The molecule has 0 aromatic heterocycles. The number of nitriles is 1. The van der Waals surface area contributed by atoms with Crippen molar-refractivity contribution >= 4 is 0 Å². The van der Waals surface area contributed by atoms with Crippen molar-refractivity contribution in [1.82, 2.24) is 0 Å². The Labute approximate surface area is 272 Å². The average molecular weight is 594 g/mol. The minimum absolute atomic E-state index is 0.688. The van der Waals surface area contributed by atoms with Crippen LogP contribution in [-0.4, -0.2) is 0 Å². The Morgan fingerprint density at radius 3 is 1.38 bits per heavy atom. The minimum Gasteiger partial charge on any atom is -0.192 e. The highest BCUT2D eigenvalue weighted by Crippen LogP contribution is 2.39. The van der Waals surface area contributed by atoms with Crippen LogP contribution in [0.4, 0.5) is 0 Å². The van der Waals surface area contributed by atoms with Crippen molar-refractivity contribution in [2.45, 2.75) is 109 Å². The Hall–Kier alpha value is -3.63. The first-order valence-corrected chi connectivity index (χ1v) is 18.0. The van der Waals surface area contributed by atoms with Crippen LogP contribution in [-0.2, 0) is 6.42 Å². The molecule has 0 saturated heterocycles. The normalized spacial score (nSPS) is 21.7. The van der Waals surface area contributed by atoms with Gasteiger partial charge in [0.15, 0.2) is 0 Å². The maximum Gasteiger partial charge on any atom is 0.0991 e. The molecule has 2 fully saturated rings. The van der Waals surface area contributed by atoms with Gasteiger partial charge in [-0.2, -0.15) is 5.26 Å². The summed E-state index contributed by atoms with van der Waals surface area (Å²) in [6.07, 6.45) is 19.0. The molecule has 1 nitrogen and oxygen atoms in total. The van der Waals surface area contributed by atoms with Crippen LogP contribution in [0.15, 0.2) is 97.1 Å². The van der Waals surface area contributed by atoms with Crippen LogP contribution >= 0.6 is 0 Å². The van der Waals surface area contributed by atoms with Gasteiger partial charge in [0.1, 0.15) is 0 Å². The highest BCUT2D eigenvalue weighted by molar-refractivity contribution is 5.65. The van der Waals surface area contributed by atoms with Crippen molar-refractivity contribution in [2.75, 3.05) is 0 Å². The van der Waals surface area contributed by atoms with Gasteiger partial charge in [0.05, 0.1) is 11.6 Å². The average Bonchev–Trinajstić information content (AvgIpc) is 3.12. The van der Waals surface area contributed by atoms with E-state index < -0.39 is 0 Å². The molecule has 2 aliphatic carbocycles. The van der Waals surface area contributed by atoms with E-state index >= 15 is 0 Å². The molecule has 232 valence electrons. The van der Waals surface area contributed by atoms with Crippen molar-refractivity contribution in [3.63, 3.8) is 0 Å². The second-order valence-corrected chi connectivity index (χ2v) is 14.1. The smallest absolute Gasteiger partial charge is 0.0991 e. The first-order chi connectivity index (χ1) is 22.2. The zero-order chi connectivity index (χ0) is 30.8. The van der Waals surface area contributed by atoms with E-state index in [4.69, 9.17) is 5.26 Å². The first kappa shape index (κ1) is 31.4. The summed E-state index contributed by atoms with van der Waals surface area (Å²) in [5.74, 6) is 3.27. The fourth-order valence-electron chi connectivity index (χ4n) is 8.12. The van der Waals surface area contributed by atoms with E-state index in [1.165, 1.54) is 123 Å². The Kier molecular flexibility index (Phi) is 10.9. The van der Waals surface area contributed by atoms with E-state index in [1.807, 2.05) is 24.3 Å². The van der Waals surface area contributed by atoms with E-state index in [0.29, 0.717) is 11.5 Å². The van der Waals surface area contributed by atoms with Crippen LogP contribution in [0.1, 0.15) is 124 Å². The highest BCUT2D eigenvalue weighted by atomic mass is 14.3. The molecule has 0 N–H and O–H groups in total. The zero-order valence-electron chi connectivity index (χ0n) is 27.4. The summed E-state index contributed by atoms with van der Waals surface area (Å²) in [6.45, 7) is 2.31. The van der Waals surface area contributed by atoms with Gasteiger partial charge in [-0.15, -0.1) is 0 Å². The lowest BCUT2D eigenvalue weighted by Crippen LogP contribution is -2.14. The molecule has 0 heterocycles. The molecule has 45 heavy (non-hydrogen) atoms. The summed E-state index contributed by atoms with van der Waals surface area (Å²) in [6, 6.07) is 38.2. The van der Waals surface area contributed by atoms with Crippen LogP contribution in [0.3, 0.4) is 0 Å². The number of hydrogen-bond donors (Lipinski definition) is 0. The lowest BCUT2D eigenvalue weighted by Gasteiger charge is -2.29. The Morgan fingerprint density at radius 1 is 0.511 bits per heavy atom. The van der Waals surface area contributed by atoms with Gasteiger partial charge in [-0.25, -0.2) is 0 Å². The highest BCUT2D eigenvalue weighted by Gasteiger charge is 2.23. The van der Waals surface area contributed by atoms with Crippen molar-refractivity contribution < 1.29 is 0 Å². The van der Waals surface area contributed by atoms with Gasteiger partial charge in [-0.05, 0) is 139 Å². The predicted molar refractivity (Wildman–Crippen MR) is 190 cm³/mol. The summed E-state index contributed by atoms with van der Waals surface area (Å²) in [4.78, 5) is 0. The van der Waals surface area contributed by atoms with Crippen LogP contribution in [0, 0.1) is 23.2 Å². The summed E-state index contributed by atoms with van der Waals surface area (Å²) in [5, 5.41) is 9.05. The molecule has 0 radical (unpaired) electrons. The topological polar surface area (TPSA) is 23.8 Å². The minimum atomic E-state index is 0.688. The number of nitrogens with zero attached hydrogens (tertiary/aromatic N) is 1. The molecule has 0 atom stereocenters. The van der Waals surface area contributed by atoms with Gasteiger partial charge in [-0.3, -0.25) is 0 Å². The number of aryl methyl sites for hydroxylation is 1. The van der Waals surface area contributed by atoms with Crippen LogP contribution in [0.5, 0.6) is 0 Å². The predicted octanol–water partition coefficient (Wildman–Crippen LogP) is 12.7. The van der Waals surface area contributed by atoms with E-state index in [2.05, 4.69) is 85.8 Å². The summed E-state index contributed by atoms with van der Waals surface area (Å²) in [5.41, 5.74) is 10.3. The molecule has 2 aliphatic rings. The van der Waals surface area contributed by atoms with Crippen LogP contribution < -0.4 is 0 Å². The third-order valence-electron chi connectivity index (χ3n) is 11.1. The third kappa shape index (κ3) is 8.35. The molecular formula is C44H51N. The lowest BCUT2D eigenvalue weighted by atomic mass is 9.76. The molecule has 0 spiro atoms. The molecule has 0 aliphatic heterocycles. The van der Waals surface area contributed by atoms with Crippen molar-refractivity contribution in [3.8, 4) is 28.3 Å². The third-order valence-corrected chi connectivity index (χ3v) is 11.1. The number of rotatable bonds is 11. The SMILES string of the molecule is CCCCC[C@H]1CC[C@H](c2ccc(-c3ccc(CCC4CCC(c5ccc(-c6ccc(C#N)cc6)cc5)CC4)cc3)cc2)CC1. The molecule has 2 saturated carbocycles.